The van der Waals surface area contributed by atoms with E-state index >= 15 is 0 Å². The Labute approximate surface area is 170 Å². The van der Waals surface area contributed by atoms with Crippen LogP contribution in [0.1, 0.15) is 25.5 Å². The first-order valence-corrected chi connectivity index (χ1v) is 10.9. The van der Waals surface area contributed by atoms with Gasteiger partial charge >= 0.3 is 0 Å². The smallest absolute Gasteiger partial charge is 0.241 e. The Morgan fingerprint density at radius 1 is 1.18 bits per heavy atom. The standard InChI is InChI=1S/C20H23ClN2O4S/c1-14-13-27-19(17-10-6-7-11-18(17)21)12-23(14)20(24)15(2)22-28(25,26)16-8-4-3-5-9-16/h3-11,14-15,19,22H,12-13H2,1-2H3/t14?,15-,19?/m0/s1. The molecule has 6 nitrogen and oxygen atoms in total. The lowest BCUT2D eigenvalue weighted by Crippen LogP contribution is -2.54. The maximum absolute atomic E-state index is 13.0. The average Bonchev–Trinajstić information content (AvgIpc) is 2.69. The lowest BCUT2D eigenvalue weighted by Gasteiger charge is -2.39. The second kappa shape index (κ2) is 8.61. The van der Waals surface area contributed by atoms with Crippen LogP contribution in [0.3, 0.4) is 0 Å². The fraction of sp³-hybridized carbons (Fsp3) is 0.350. The van der Waals surface area contributed by atoms with Crippen molar-refractivity contribution in [2.45, 2.75) is 36.9 Å². The van der Waals surface area contributed by atoms with Crippen molar-refractivity contribution in [1.29, 1.82) is 0 Å². The SMILES string of the molecule is CC1COC(c2ccccc2Cl)CN1C(=O)[C@H](C)NS(=O)(=O)c1ccccc1. The summed E-state index contributed by atoms with van der Waals surface area (Å²) in [5.74, 6) is -0.299. The molecule has 2 aromatic carbocycles. The van der Waals surface area contributed by atoms with Crippen LogP contribution in [-0.4, -0.2) is 44.5 Å². The molecule has 8 heteroatoms. The quantitative estimate of drug-likeness (QED) is 0.803. The van der Waals surface area contributed by atoms with E-state index in [0.717, 1.165) is 5.56 Å². The minimum Gasteiger partial charge on any atom is -0.369 e. The minimum atomic E-state index is -3.78. The molecule has 0 aromatic heterocycles. The number of sulfonamides is 1. The minimum absolute atomic E-state index is 0.124. The van der Waals surface area contributed by atoms with Gasteiger partial charge in [-0.3, -0.25) is 4.79 Å². The fourth-order valence-electron chi connectivity index (χ4n) is 3.19. The first-order chi connectivity index (χ1) is 13.3. The first kappa shape index (κ1) is 20.8. The molecule has 0 radical (unpaired) electrons. The highest BCUT2D eigenvalue weighted by molar-refractivity contribution is 7.89. The fourth-order valence-corrected chi connectivity index (χ4v) is 4.66. The largest absolute Gasteiger partial charge is 0.369 e. The molecule has 1 aliphatic heterocycles. The monoisotopic (exact) mass is 422 g/mol. The van der Waals surface area contributed by atoms with Crippen LogP contribution in [0, 0.1) is 0 Å². The van der Waals surface area contributed by atoms with E-state index < -0.39 is 16.1 Å². The molecule has 3 rings (SSSR count). The third-order valence-electron chi connectivity index (χ3n) is 4.72. The molecule has 1 amide bonds. The van der Waals surface area contributed by atoms with Gasteiger partial charge in [0, 0.05) is 10.6 Å². The number of rotatable bonds is 5. The molecule has 0 saturated carbocycles. The summed E-state index contributed by atoms with van der Waals surface area (Å²) in [6.07, 6.45) is -0.355. The van der Waals surface area contributed by atoms with Gasteiger partial charge in [0.1, 0.15) is 6.10 Å². The number of halogens is 1. The van der Waals surface area contributed by atoms with Crippen LogP contribution in [0.2, 0.25) is 5.02 Å². The van der Waals surface area contributed by atoms with E-state index in [-0.39, 0.29) is 22.9 Å². The molecule has 1 aliphatic rings. The molecular weight excluding hydrogens is 400 g/mol. The number of hydrogen-bond acceptors (Lipinski definition) is 4. The Bertz CT molecular complexity index is 936. The Kier molecular flexibility index (Phi) is 6.40. The molecule has 1 fully saturated rings. The van der Waals surface area contributed by atoms with Crippen LogP contribution in [0.15, 0.2) is 59.5 Å². The van der Waals surface area contributed by atoms with Crippen molar-refractivity contribution in [2.75, 3.05) is 13.2 Å². The number of amides is 1. The van der Waals surface area contributed by atoms with E-state index in [2.05, 4.69) is 4.72 Å². The van der Waals surface area contributed by atoms with Crippen molar-refractivity contribution in [3.8, 4) is 0 Å². The molecular formula is C20H23ClN2O4S. The van der Waals surface area contributed by atoms with Crippen molar-refractivity contribution >= 4 is 27.5 Å². The number of carbonyl (C=O) groups excluding carboxylic acids is 1. The molecule has 2 aromatic rings. The first-order valence-electron chi connectivity index (χ1n) is 9.03. The summed E-state index contributed by atoms with van der Waals surface area (Å²) in [4.78, 5) is 14.8. The average molecular weight is 423 g/mol. The summed E-state index contributed by atoms with van der Waals surface area (Å²) in [5.41, 5.74) is 0.811. The number of nitrogens with one attached hydrogen (secondary N) is 1. The molecule has 1 heterocycles. The highest BCUT2D eigenvalue weighted by atomic mass is 35.5. The zero-order valence-electron chi connectivity index (χ0n) is 15.7. The summed E-state index contributed by atoms with van der Waals surface area (Å²) in [6.45, 7) is 4.08. The van der Waals surface area contributed by atoms with Crippen molar-refractivity contribution in [1.82, 2.24) is 9.62 Å². The number of morpholine rings is 1. The van der Waals surface area contributed by atoms with Gasteiger partial charge < -0.3 is 9.64 Å². The highest BCUT2D eigenvalue weighted by Crippen LogP contribution is 2.30. The molecule has 0 spiro atoms. The van der Waals surface area contributed by atoms with Gasteiger partial charge in [0.25, 0.3) is 0 Å². The normalized spacial score (nSPS) is 21.3. The van der Waals surface area contributed by atoms with Crippen LogP contribution in [-0.2, 0) is 19.6 Å². The Balaban J connectivity index is 1.74. The lowest BCUT2D eigenvalue weighted by atomic mass is 10.1. The lowest BCUT2D eigenvalue weighted by molar-refractivity contribution is -0.145. The van der Waals surface area contributed by atoms with Crippen LogP contribution < -0.4 is 4.72 Å². The van der Waals surface area contributed by atoms with E-state index in [1.807, 2.05) is 25.1 Å². The number of hydrogen-bond donors (Lipinski definition) is 1. The van der Waals surface area contributed by atoms with Gasteiger partial charge in [0.15, 0.2) is 0 Å². The number of benzene rings is 2. The highest BCUT2D eigenvalue weighted by Gasteiger charge is 2.34. The van der Waals surface area contributed by atoms with Crippen molar-refractivity contribution < 1.29 is 17.9 Å². The topological polar surface area (TPSA) is 75.7 Å². The third-order valence-corrected chi connectivity index (χ3v) is 6.63. The maximum atomic E-state index is 13.0. The third kappa shape index (κ3) is 4.55. The molecule has 0 bridgehead atoms. The van der Waals surface area contributed by atoms with Gasteiger partial charge in [-0.25, -0.2) is 8.42 Å². The zero-order chi connectivity index (χ0) is 20.3. The maximum Gasteiger partial charge on any atom is 0.241 e. The van der Waals surface area contributed by atoms with Crippen LogP contribution >= 0.6 is 11.6 Å². The van der Waals surface area contributed by atoms with E-state index in [1.54, 1.807) is 36.1 Å². The van der Waals surface area contributed by atoms with Crippen molar-refractivity contribution in [3.63, 3.8) is 0 Å². The summed E-state index contributed by atoms with van der Waals surface area (Å²) in [6, 6.07) is 14.3. The molecule has 3 atom stereocenters. The molecule has 1 saturated heterocycles. The second-order valence-corrected chi connectivity index (χ2v) is 8.96. The molecule has 0 aliphatic carbocycles. The number of ether oxygens (including phenoxy) is 1. The second-order valence-electron chi connectivity index (χ2n) is 6.84. The summed E-state index contributed by atoms with van der Waals surface area (Å²) in [7, 11) is -3.78. The van der Waals surface area contributed by atoms with Crippen LogP contribution in [0.25, 0.3) is 0 Å². The van der Waals surface area contributed by atoms with Gasteiger partial charge in [-0.1, -0.05) is 48.0 Å². The summed E-state index contributed by atoms with van der Waals surface area (Å²) < 4.78 is 33.4. The van der Waals surface area contributed by atoms with Gasteiger partial charge in [0.2, 0.25) is 15.9 Å². The number of nitrogens with zero attached hydrogens (tertiary/aromatic N) is 1. The summed E-state index contributed by atoms with van der Waals surface area (Å²) >= 11 is 6.26. The van der Waals surface area contributed by atoms with Crippen molar-refractivity contribution in [2.24, 2.45) is 0 Å². The Hall–Kier alpha value is -1.93. The predicted octanol–water partition coefficient (Wildman–Crippen LogP) is 3.00. The zero-order valence-corrected chi connectivity index (χ0v) is 17.3. The number of carbonyl (C=O) groups is 1. The van der Waals surface area contributed by atoms with Crippen LogP contribution in [0.4, 0.5) is 0 Å². The Morgan fingerprint density at radius 2 is 1.82 bits per heavy atom. The van der Waals surface area contributed by atoms with E-state index in [4.69, 9.17) is 16.3 Å². The van der Waals surface area contributed by atoms with Gasteiger partial charge in [-0.2, -0.15) is 4.72 Å². The van der Waals surface area contributed by atoms with E-state index in [1.165, 1.54) is 12.1 Å². The molecule has 28 heavy (non-hydrogen) atoms. The molecule has 1 N–H and O–H groups in total. The van der Waals surface area contributed by atoms with Gasteiger partial charge in [0.05, 0.1) is 30.1 Å². The molecule has 150 valence electrons. The summed E-state index contributed by atoms with van der Waals surface area (Å²) in [5, 5.41) is 0.576. The van der Waals surface area contributed by atoms with E-state index in [9.17, 15) is 13.2 Å². The van der Waals surface area contributed by atoms with Gasteiger partial charge in [-0.15, -0.1) is 0 Å². The Morgan fingerprint density at radius 3 is 2.50 bits per heavy atom. The van der Waals surface area contributed by atoms with Gasteiger partial charge in [-0.05, 0) is 32.0 Å². The van der Waals surface area contributed by atoms with E-state index in [0.29, 0.717) is 18.2 Å². The predicted molar refractivity (Wildman–Crippen MR) is 108 cm³/mol. The molecule has 2 unspecified atom stereocenters. The van der Waals surface area contributed by atoms with Crippen LogP contribution in [0.5, 0.6) is 0 Å². The van der Waals surface area contributed by atoms with Crippen molar-refractivity contribution in [3.05, 3.63) is 65.2 Å².